The van der Waals surface area contributed by atoms with Crippen molar-refractivity contribution in [2.75, 3.05) is 0 Å². The van der Waals surface area contributed by atoms with Gasteiger partial charge in [0, 0.05) is 19.3 Å². The fraction of sp³-hybridized carbons (Fsp3) is 0.600. The maximum Gasteiger partial charge on any atom is 0.326 e. The zero-order valence-electron chi connectivity index (χ0n) is 9.43. The Hall–Kier alpha value is -1.92. The summed E-state index contributed by atoms with van der Waals surface area (Å²) in [5.74, 6) is -3.16. The topological polar surface area (TPSA) is 121 Å². The van der Waals surface area contributed by atoms with Gasteiger partial charge in [0.25, 0.3) is 0 Å². The zero-order valence-corrected chi connectivity index (χ0v) is 9.43. The number of carboxylic acids is 2. The number of ketones is 1. The Kier molecular flexibility index (Phi) is 6.54. The quantitative estimate of drug-likeness (QED) is 0.544. The fourth-order valence-corrected chi connectivity index (χ4v) is 1.08. The van der Waals surface area contributed by atoms with E-state index in [0.717, 1.165) is 0 Å². The van der Waals surface area contributed by atoms with Crippen LogP contribution in [-0.2, 0) is 19.2 Å². The first-order chi connectivity index (χ1) is 7.82. The van der Waals surface area contributed by atoms with E-state index >= 15 is 0 Å². The summed E-state index contributed by atoms with van der Waals surface area (Å²) >= 11 is 0. The highest BCUT2D eigenvalue weighted by Gasteiger charge is 2.20. The molecule has 0 spiro atoms. The molecule has 0 heterocycles. The molecular formula is C10H15NO6. The van der Waals surface area contributed by atoms with Crippen molar-refractivity contribution < 1.29 is 29.4 Å². The molecule has 0 saturated heterocycles. The zero-order chi connectivity index (χ0) is 13.4. The number of hydrogen-bond donors (Lipinski definition) is 3. The number of nitrogens with one attached hydrogen (secondary N) is 1. The molecule has 96 valence electrons. The summed E-state index contributed by atoms with van der Waals surface area (Å²) in [4.78, 5) is 42.8. The summed E-state index contributed by atoms with van der Waals surface area (Å²) in [5.41, 5.74) is 0. The van der Waals surface area contributed by atoms with E-state index in [1.54, 1.807) is 0 Å². The first-order valence-electron chi connectivity index (χ1n) is 5.06. The monoisotopic (exact) mass is 245 g/mol. The van der Waals surface area contributed by atoms with E-state index in [-0.39, 0.29) is 31.5 Å². The average molecular weight is 245 g/mol. The Balaban J connectivity index is 4.15. The predicted octanol–water partition coefficient (Wildman–Crippen LogP) is -0.210. The second-order valence-corrected chi connectivity index (χ2v) is 3.59. The molecule has 0 aliphatic heterocycles. The summed E-state index contributed by atoms with van der Waals surface area (Å²) in [7, 11) is 0. The van der Waals surface area contributed by atoms with Gasteiger partial charge < -0.3 is 20.3 Å². The number of Topliss-reactive ketones (excluding diaryl/α,β-unsaturated/α-hetero) is 1. The number of amides is 1. The van der Waals surface area contributed by atoms with Crippen molar-refractivity contribution in [3.63, 3.8) is 0 Å². The standard InChI is InChI=1S/C10H15NO6/c1-6(12)2-4-8(13)11-7(10(16)17)3-5-9(14)15/h7H,2-5H2,1H3,(H,11,13)(H,14,15)(H,16,17)/t7-/m1/s1. The van der Waals surface area contributed by atoms with E-state index in [2.05, 4.69) is 5.32 Å². The van der Waals surface area contributed by atoms with Crippen molar-refractivity contribution in [1.29, 1.82) is 0 Å². The highest BCUT2D eigenvalue weighted by Crippen LogP contribution is 2.00. The Labute approximate surface area is 97.8 Å². The highest BCUT2D eigenvalue weighted by atomic mass is 16.4. The number of hydrogen-bond acceptors (Lipinski definition) is 4. The average Bonchev–Trinajstić information content (AvgIpc) is 2.20. The Bertz CT molecular complexity index is 325. The van der Waals surface area contributed by atoms with Crippen LogP contribution in [0.4, 0.5) is 0 Å². The van der Waals surface area contributed by atoms with Gasteiger partial charge in [-0.25, -0.2) is 4.79 Å². The van der Waals surface area contributed by atoms with Gasteiger partial charge in [0.05, 0.1) is 0 Å². The summed E-state index contributed by atoms with van der Waals surface area (Å²) in [6.07, 6.45) is -0.580. The van der Waals surface area contributed by atoms with Crippen molar-refractivity contribution in [3.8, 4) is 0 Å². The van der Waals surface area contributed by atoms with Gasteiger partial charge in [-0.05, 0) is 13.3 Å². The van der Waals surface area contributed by atoms with Crippen LogP contribution in [0.5, 0.6) is 0 Å². The van der Waals surface area contributed by atoms with Crippen molar-refractivity contribution >= 4 is 23.6 Å². The molecule has 3 N–H and O–H groups in total. The maximum absolute atomic E-state index is 11.2. The number of carboxylic acid groups (broad SMARTS) is 2. The van der Waals surface area contributed by atoms with E-state index in [1.807, 2.05) is 0 Å². The summed E-state index contributed by atoms with van der Waals surface area (Å²) in [6, 6.07) is -1.23. The van der Waals surface area contributed by atoms with Crippen LogP contribution < -0.4 is 5.32 Å². The third-order valence-electron chi connectivity index (χ3n) is 1.98. The lowest BCUT2D eigenvalue weighted by Crippen LogP contribution is -2.41. The van der Waals surface area contributed by atoms with Crippen molar-refractivity contribution in [2.45, 2.75) is 38.6 Å². The molecule has 0 aromatic heterocycles. The van der Waals surface area contributed by atoms with Gasteiger partial charge in [0.15, 0.2) is 0 Å². The van der Waals surface area contributed by atoms with Gasteiger partial charge in [0.2, 0.25) is 5.91 Å². The molecule has 0 unspecified atom stereocenters. The van der Waals surface area contributed by atoms with Crippen LogP contribution in [0, 0.1) is 0 Å². The smallest absolute Gasteiger partial charge is 0.326 e. The van der Waals surface area contributed by atoms with Crippen LogP contribution in [0.3, 0.4) is 0 Å². The van der Waals surface area contributed by atoms with E-state index in [4.69, 9.17) is 10.2 Å². The molecule has 17 heavy (non-hydrogen) atoms. The maximum atomic E-state index is 11.2. The van der Waals surface area contributed by atoms with Crippen molar-refractivity contribution in [3.05, 3.63) is 0 Å². The number of rotatable bonds is 8. The molecule has 7 nitrogen and oxygen atoms in total. The summed E-state index contributed by atoms with van der Waals surface area (Å²) < 4.78 is 0. The molecule has 0 radical (unpaired) electrons. The van der Waals surface area contributed by atoms with Gasteiger partial charge in [0.1, 0.15) is 11.8 Å². The van der Waals surface area contributed by atoms with Crippen molar-refractivity contribution in [2.24, 2.45) is 0 Å². The Morgan fingerprint density at radius 3 is 2.06 bits per heavy atom. The lowest BCUT2D eigenvalue weighted by Gasteiger charge is -2.12. The minimum atomic E-state index is -1.29. The van der Waals surface area contributed by atoms with Gasteiger partial charge in [-0.2, -0.15) is 0 Å². The van der Waals surface area contributed by atoms with Crippen LogP contribution in [0.15, 0.2) is 0 Å². The fourth-order valence-electron chi connectivity index (χ4n) is 1.08. The van der Waals surface area contributed by atoms with E-state index < -0.39 is 23.9 Å². The SMILES string of the molecule is CC(=O)CCC(=O)N[C@H](CCC(=O)O)C(=O)O. The summed E-state index contributed by atoms with van der Waals surface area (Å²) in [6.45, 7) is 1.33. The van der Waals surface area contributed by atoms with Gasteiger partial charge in [-0.3, -0.25) is 9.59 Å². The molecule has 0 aliphatic carbocycles. The van der Waals surface area contributed by atoms with Gasteiger partial charge >= 0.3 is 11.9 Å². The van der Waals surface area contributed by atoms with Gasteiger partial charge in [-0.1, -0.05) is 0 Å². The van der Waals surface area contributed by atoms with E-state index in [9.17, 15) is 19.2 Å². The lowest BCUT2D eigenvalue weighted by atomic mass is 10.1. The molecule has 7 heteroatoms. The first-order valence-corrected chi connectivity index (χ1v) is 5.06. The molecule has 0 aromatic rings. The van der Waals surface area contributed by atoms with Crippen LogP contribution in [0.25, 0.3) is 0 Å². The molecule has 0 saturated carbocycles. The number of aliphatic carboxylic acids is 2. The predicted molar refractivity (Wildman–Crippen MR) is 56.4 cm³/mol. The molecule has 0 aliphatic rings. The van der Waals surface area contributed by atoms with Crippen LogP contribution >= 0.6 is 0 Å². The third kappa shape index (κ3) is 7.95. The number of carbonyl (C=O) groups is 4. The molecule has 0 aromatic carbocycles. The second kappa shape index (κ2) is 7.37. The Morgan fingerprint density at radius 1 is 1.06 bits per heavy atom. The minimum absolute atomic E-state index is 0.0388. The largest absolute Gasteiger partial charge is 0.481 e. The molecule has 0 rings (SSSR count). The Morgan fingerprint density at radius 2 is 1.65 bits per heavy atom. The summed E-state index contributed by atoms with van der Waals surface area (Å²) in [5, 5.41) is 19.3. The van der Waals surface area contributed by atoms with E-state index in [1.165, 1.54) is 6.92 Å². The lowest BCUT2D eigenvalue weighted by molar-refractivity contribution is -0.143. The molecule has 0 bridgehead atoms. The minimum Gasteiger partial charge on any atom is -0.481 e. The second-order valence-electron chi connectivity index (χ2n) is 3.59. The first kappa shape index (κ1) is 15.1. The van der Waals surface area contributed by atoms with Crippen LogP contribution in [0.2, 0.25) is 0 Å². The van der Waals surface area contributed by atoms with Crippen LogP contribution in [-0.4, -0.2) is 39.9 Å². The third-order valence-corrected chi connectivity index (χ3v) is 1.98. The normalized spacial score (nSPS) is 11.6. The van der Waals surface area contributed by atoms with Gasteiger partial charge in [-0.15, -0.1) is 0 Å². The molecular weight excluding hydrogens is 230 g/mol. The van der Waals surface area contributed by atoms with E-state index in [0.29, 0.717) is 0 Å². The van der Waals surface area contributed by atoms with Crippen molar-refractivity contribution in [1.82, 2.24) is 5.32 Å². The van der Waals surface area contributed by atoms with Crippen LogP contribution in [0.1, 0.15) is 32.6 Å². The highest BCUT2D eigenvalue weighted by molar-refractivity contribution is 5.87. The molecule has 1 amide bonds. The molecule has 0 fully saturated rings. The number of carbonyl (C=O) groups excluding carboxylic acids is 2. The molecule has 1 atom stereocenters.